The molecule has 1 aromatic carbocycles. The fraction of sp³-hybridized carbons (Fsp3) is 0.462. The summed E-state index contributed by atoms with van der Waals surface area (Å²) >= 11 is 5.79. The van der Waals surface area contributed by atoms with Gasteiger partial charge in [0, 0.05) is 17.6 Å². The Morgan fingerprint density at radius 3 is 2.53 bits per heavy atom. The second-order valence-corrected chi connectivity index (χ2v) is 4.87. The monoisotopic (exact) mass is 257 g/mol. The fourth-order valence-electron chi connectivity index (χ4n) is 1.63. The lowest BCUT2D eigenvalue weighted by Gasteiger charge is -2.17. The van der Waals surface area contributed by atoms with Crippen molar-refractivity contribution in [1.29, 1.82) is 0 Å². The Kier molecular flexibility index (Phi) is 5.09. The molecule has 17 heavy (non-hydrogen) atoms. The van der Waals surface area contributed by atoms with Crippen LogP contribution in [0.5, 0.6) is 0 Å². The Morgan fingerprint density at radius 1 is 1.41 bits per heavy atom. The summed E-state index contributed by atoms with van der Waals surface area (Å²) in [5.41, 5.74) is 0.621. The predicted octanol–water partition coefficient (Wildman–Crippen LogP) is 3.15. The highest BCUT2D eigenvalue weighted by Crippen LogP contribution is 2.22. The smallest absolute Gasteiger partial charge is 0.138 e. The molecule has 0 aromatic heterocycles. The van der Waals surface area contributed by atoms with Crippen LogP contribution in [-0.4, -0.2) is 18.4 Å². The van der Waals surface area contributed by atoms with E-state index in [-0.39, 0.29) is 17.7 Å². The Morgan fingerprint density at radius 2 is 2.06 bits per heavy atom. The van der Waals surface area contributed by atoms with Gasteiger partial charge in [-0.3, -0.25) is 4.79 Å². The number of carbonyl (C=O) groups is 1. The minimum absolute atomic E-state index is 0.000170. The van der Waals surface area contributed by atoms with E-state index in [0.717, 1.165) is 0 Å². The summed E-state index contributed by atoms with van der Waals surface area (Å²) in [5, 5.41) is 3.49. The molecule has 4 heteroatoms. The average molecular weight is 258 g/mol. The molecule has 0 saturated heterocycles. The number of hydrogen-bond donors (Lipinski definition) is 1. The van der Waals surface area contributed by atoms with Gasteiger partial charge in [0.15, 0.2) is 0 Å². The topological polar surface area (TPSA) is 29.1 Å². The van der Waals surface area contributed by atoms with Crippen LogP contribution in [0.1, 0.15) is 32.3 Å². The van der Waals surface area contributed by atoms with E-state index >= 15 is 0 Å². The largest absolute Gasteiger partial charge is 0.313 e. The van der Waals surface area contributed by atoms with E-state index in [9.17, 15) is 9.18 Å². The maximum Gasteiger partial charge on any atom is 0.138 e. The molecule has 0 bridgehead atoms. The number of Topliss-reactive ketones (excluding diaryl/α,β-unsaturated/α-hetero) is 1. The molecule has 1 atom stereocenters. The maximum atomic E-state index is 13.2. The van der Waals surface area contributed by atoms with Crippen LogP contribution in [0.15, 0.2) is 18.2 Å². The van der Waals surface area contributed by atoms with Crippen LogP contribution in [0, 0.1) is 5.82 Å². The summed E-state index contributed by atoms with van der Waals surface area (Å²) in [6, 6.07) is 4.51. The van der Waals surface area contributed by atoms with Crippen molar-refractivity contribution in [2.45, 2.75) is 32.7 Å². The number of rotatable bonds is 5. The molecule has 1 unspecified atom stereocenters. The lowest BCUT2D eigenvalue weighted by atomic mass is 9.95. The van der Waals surface area contributed by atoms with Crippen LogP contribution >= 0.6 is 11.6 Å². The van der Waals surface area contributed by atoms with E-state index in [4.69, 9.17) is 11.6 Å². The van der Waals surface area contributed by atoms with Gasteiger partial charge in [0.05, 0.1) is 5.92 Å². The first-order chi connectivity index (χ1) is 7.90. The Bertz CT molecular complexity index is 386. The van der Waals surface area contributed by atoms with E-state index < -0.39 is 5.82 Å². The number of nitrogens with one attached hydrogen (secondary N) is 1. The first-order valence-electron chi connectivity index (χ1n) is 5.60. The molecule has 0 fully saturated rings. The molecular formula is C13H17ClFNO. The second-order valence-electron chi connectivity index (χ2n) is 4.43. The SMILES string of the molecule is CC(=O)C(CNC(C)C)c1cc(F)cc(Cl)c1. The molecule has 2 nitrogen and oxygen atoms in total. The van der Waals surface area contributed by atoms with Gasteiger partial charge in [-0.15, -0.1) is 0 Å². The van der Waals surface area contributed by atoms with Gasteiger partial charge in [0.25, 0.3) is 0 Å². The molecular weight excluding hydrogens is 241 g/mol. The van der Waals surface area contributed by atoms with Crippen molar-refractivity contribution >= 4 is 17.4 Å². The van der Waals surface area contributed by atoms with Gasteiger partial charge < -0.3 is 5.32 Å². The van der Waals surface area contributed by atoms with E-state index in [1.807, 2.05) is 13.8 Å². The lowest BCUT2D eigenvalue weighted by molar-refractivity contribution is -0.118. The number of benzene rings is 1. The molecule has 0 amide bonds. The van der Waals surface area contributed by atoms with E-state index in [0.29, 0.717) is 17.1 Å². The van der Waals surface area contributed by atoms with Crippen LogP contribution in [-0.2, 0) is 4.79 Å². The maximum absolute atomic E-state index is 13.2. The van der Waals surface area contributed by atoms with Crippen molar-refractivity contribution in [2.24, 2.45) is 0 Å². The zero-order valence-electron chi connectivity index (χ0n) is 10.3. The molecule has 0 saturated carbocycles. The van der Waals surface area contributed by atoms with Crippen LogP contribution < -0.4 is 5.32 Å². The fourth-order valence-corrected chi connectivity index (χ4v) is 1.86. The van der Waals surface area contributed by atoms with Crippen molar-refractivity contribution in [2.75, 3.05) is 6.54 Å². The van der Waals surface area contributed by atoms with Gasteiger partial charge >= 0.3 is 0 Å². The molecule has 0 aliphatic rings. The Balaban J connectivity index is 2.93. The number of halogens is 2. The second kappa shape index (κ2) is 6.12. The van der Waals surface area contributed by atoms with E-state index in [2.05, 4.69) is 5.32 Å². The van der Waals surface area contributed by atoms with Gasteiger partial charge in [-0.25, -0.2) is 4.39 Å². The molecule has 1 N–H and O–H groups in total. The van der Waals surface area contributed by atoms with Crippen molar-refractivity contribution in [1.82, 2.24) is 5.32 Å². The highest BCUT2D eigenvalue weighted by Gasteiger charge is 2.18. The van der Waals surface area contributed by atoms with E-state index in [1.54, 1.807) is 6.07 Å². The molecule has 0 radical (unpaired) electrons. The quantitative estimate of drug-likeness (QED) is 0.878. The molecule has 94 valence electrons. The highest BCUT2D eigenvalue weighted by atomic mass is 35.5. The summed E-state index contributed by atoms with van der Waals surface area (Å²) < 4.78 is 13.2. The van der Waals surface area contributed by atoms with E-state index in [1.165, 1.54) is 19.1 Å². The third-order valence-corrected chi connectivity index (χ3v) is 2.73. The van der Waals surface area contributed by atoms with Crippen LogP contribution in [0.25, 0.3) is 0 Å². The van der Waals surface area contributed by atoms with Crippen molar-refractivity contribution in [3.8, 4) is 0 Å². The summed E-state index contributed by atoms with van der Waals surface area (Å²) in [5.74, 6) is -0.770. The number of carbonyl (C=O) groups excluding carboxylic acids is 1. The van der Waals surface area contributed by atoms with Gasteiger partial charge in [-0.05, 0) is 30.7 Å². The molecule has 1 aromatic rings. The zero-order valence-corrected chi connectivity index (χ0v) is 11.0. The molecule has 0 aliphatic heterocycles. The molecule has 0 spiro atoms. The van der Waals surface area contributed by atoms with Crippen molar-refractivity contribution < 1.29 is 9.18 Å². The highest BCUT2D eigenvalue weighted by molar-refractivity contribution is 6.30. The minimum Gasteiger partial charge on any atom is -0.313 e. The zero-order chi connectivity index (χ0) is 13.0. The Hall–Kier alpha value is -0.930. The third kappa shape index (κ3) is 4.44. The number of hydrogen-bond acceptors (Lipinski definition) is 2. The standard InChI is InChI=1S/C13H17ClFNO/c1-8(2)16-7-13(9(3)17)10-4-11(14)6-12(15)5-10/h4-6,8,13,16H,7H2,1-3H3. The minimum atomic E-state index is -0.414. The average Bonchev–Trinajstić information content (AvgIpc) is 2.14. The van der Waals surface area contributed by atoms with Gasteiger partial charge in [-0.2, -0.15) is 0 Å². The lowest BCUT2D eigenvalue weighted by Crippen LogP contribution is -2.30. The molecule has 1 rings (SSSR count). The van der Waals surface area contributed by atoms with Crippen LogP contribution in [0.2, 0.25) is 5.02 Å². The summed E-state index contributed by atoms with van der Waals surface area (Å²) in [6.45, 7) is 5.99. The first kappa shape index (κ1) is 14.1. The van der Waals surface area contributed by atoms with Crippen molar-refractivity contribution in [3.63, 3.8) is 0 Å². The molecule has 0 aliphatic carbocycles. The normalized spacial score (nSPS) is 12.8. The van der Waals surface area contributed by atoms with Crippen LogP contribution in [0.3, 0.4) is 0 Å². The van der Waals surface area contributed by atoms with Crippen molar-refractivity contribution in [3.05, 3.63) is 34.6 Å². The summed E-state index contributed by atoms with van der Waals surface area (Å²) in [4.78, 5) is 11.6. The van der Waals surface area contributed by atoms with Gasteiger partial charge in [0.2, 0.25) is 0 Å². The predicted molar refractivity (Wildman–Crippen MR) is 68.0 cm³/mol. The summed E-state index contributed by atoms with van der Waals surface area (Å²) in [7, 11) is 0. The number of ketones is 1. The summed E-state index contributed by atoms with van der Waals surface area (Å²) in [6.07, 6.45) is 0. The molecule has 0 heterocycles. The first-order valence-corrected chi connectivity index (χ1v) is 5.97. The van der Waals surface area contributed by atoms with Crippen LogP contribution in [0.4, 0.5) is 4.39 Å². The third-order valence-electron chi connectivity index (χ3n) is 2.51. The van der Waals surface area contributed by atoms with Gasteiger partial charge in [0.1, 0.15) is 11.6 Å². The van der Waals surface area contributed by atoms with Gasteiger partial charge in [-0.1, -0.05) is 25.4 Å². The Labute approximate surface area is 106 Å².